The molecule has 186 valence electrons. The number of hydrogen-bond acceptors (Lipinski definition) is 5. The maximum atomic E-state index is 13.6. The van der Waals surface area contributed by atoms with Crippen LogP contribution in [-0.2, 0) is 11.0 Å². The number of methoxy groups -OCH3 is 1. The van der Waals surface area contributed by atoms with Crippen LogP contribution < -0.4 is 9.64 Å². The van der Waals surface area contributed by atoms with Gasteiger partial charge in [-0.3, -0.25) is 9.69 Å². The molecule has 1 aliphatic rings. The Kier molecular flexibility index (Phi) is 7.25. The van der Waals surface area contributed by atoms with Gasteiger partial charge < -0.3 is 9.64 Å². The van der Waals surface area contributed by atoms with E-state index in [9.17, 15) is 22.4 Å². The number of piperazine rings is 1. The maximum absolute atomic E-state index is 13.6. The molecule has 1 unspecified atom stereocenters. The zero-order valence-electron chi connectivity index (χ0n) is 18.4. The van der Waals surface area contributed by atoms with Crippen molar-refractivity contribution in [2.75, 3.05) is 38.2 Å². The van der Waals surface area contributed by atoms with Gasteiger partial charge in [0.15, 0.2) is 18.1 Å². The Morgan fingerprint density at radius 2 is 1.71 bits per heavy atom. The van der Waals surface area contributed by atoms with Crippen LogP contribution in [0.3, 0.4) is 0 Å². The van der Waals surface area contributed by atoms with Crippen LogP contribution in [0.1, 0.15) is 11.9 Å². The van der Waals surface area contributed by atoms with Gasteiger partial charge in [-0.2, -0.15) is 18.3 Å². The third kappa shape index (κ3) is 5.10. The summed E-state index contributed by atoms with van der Waals surface area (Å²) in [6, 6.07) is 10.1. The summed E-state index contributed by atoms with van der Waals surface area (Å²) in [4.78, 5) is 15.9. The highest BCUT2D eigenvalue weighted by Crippen LogP contribution is 2.41. The summed E-state index contributed by atoms with van der Waals surface area (Å²) in [7, 11) is 1.51. The van der Waals surface area contributed by atoms with Crippen LogP contribution in [0.2, 0.25) is 10.0 Å². The van der Waals surface area contributed by atoms with Gasteiger partial charge in [-0.25, -0.2) is 9.07 Å². The molecule has 0 amide bonds. The van der Waals surface area contributed by atoms with Crippen molar-refractivity contribution < 1.29 is 27.1 Å². The fraction of sp³-hybridized carbons (Fsp3) is 0.304. The molecule has 0 bridgehead atoms. The number of carbonyl (C=O) groups excluding carboxylic acids is 1. The average molecular weight is 531 g/mol. The van der Waals surface area contributed by atoms with Crippen LogP contribution >= 0.6 is 23.2 Å². The quantitative estimate of drug-likeness (QED) is 0.309. The van der Waals surface area contributed by atoms with E-state index in [1.807, 2.05) is 6.07 Å². The predicted octanol–water partition coefficient (Wildman–Crippen LogP) is 5.54. The number of alkyl halides is 3. The van der Waals surface area contributed by atoms with Gasteiger partial charge >= 0.3 is 6.18 Å². The van der Waals surface area contributed by atoms with Crippen molar-refractivity contribution >= 4 is 35.2 Å². The topological polar surface area (TPSA) is 50.6 Å². The lowest BCUT2D eigenvalue weighted by Crippen LogP contribution is -2.49. The Labute approximate surface area is 208 Å². The van der Waals surface area contributed by atoms with Crippen LogP contribution in [0.15, 0.2) is 42.5 Å². The monoisotopic (exact) mass is 530 g/mol. The van der Waals surface area contributed by atoms with E-state index in [0.717, 1.165) is 22.5 Å². The van der Waals surface area contributed by atoms with E-state index in [4.69, 9.17) is 27.9 Å². The minimum Gasteiger partial charge on any atom is -0.495 e. The number of aromatic nitrogens is 2. The molecule has 0 aliphatic carbocycles. The van der Waals surface area contributed by atoms with Crippen molar-refractivity contribution in [1.29, 1.82) is 0 Å². The lowest BCUT2D eigenvalue weighted by atomic mass is 10.1. The largest absolute Gasteiger partial charge is 0.495 e. The van der Waals surface area contributed by atoms with Crippen molar-refractivity contribution in [3.63, 3.8) is 0 Å². The van der Waals surface area contributed by atoms with Crippen LogP contribution in [-0.4, -0.2) is 54.3 Å². The van der Waals surface area contributed by atoms with E-state index >= 15 is 0 Å². The van der Waals surface area contributed by atoms with Crippen LogP contribution in [0.4, 0.5) is 23.2 Å². The van der Waals surface area contributed by atoms with Crippen LogP contribution in [0.25, 0.3) is 11.3 Å². The number of benzene rings is 2. The fourth-order valence-electron chi connectivity index (χ4n) is 4.04. The number of carbonyl (C=O) groups is 1. The first-order valence-corrected chi connectivity index (χ1v) is 11.3. The number of rotatable bonds is 6. The lowest BCUT2D eigenvalue weighted by Gasteiger charge is -2.38. The van der Waals surface area contributed by atoms with Crippen molar-refractivity contribution in [1.82, 2.24) is 14.7 Å². The molecular formula is C23H20Cl2F4N4O2. The Bertz CT molecular complexity index is 1210. The molecule has 1 saturated heterocycles. The van der Waals surface area contributed by atoms with Gasteiger partial charge in [0.1, 0.15) is 11.6 Å². The molecule has 1 fully saturated rings. The van der Waals surface area contributed by atoms with E-state index in [0.29, 0.717) is 43.2 Å². The number of ether oxygens (including phenoxy) is 1. The summed E-state index contributed by atoms with van der Waals surface area (Å²) >= 11 is 12.2. The Morgan fingerprint density at radius 1 is 1.06 bits per heavy atom. The average Bonchev–Trinajstić information content (AvgIpc) is 3.18. The number of nitrogens with zero attached hydrogens (tertiary/aromatic N) is 4. The molecule has 35 heavy (non-hydrogen) atoms. The van der Waals surface area contributed by atoms with E-state index in [-0.39, 0.29) is 11.3 Å². The SMILES string of the molecule is COc1cc(N2CCN(C(C=O)n3nc(C(F)(F)F)c(Cl)c3-c3ccc(F)cc3)CC2)ccc1Cl. The first-order valence-electron chi connectivity index (χ1n) is 10.5. The maximum Gasteiger partial charge on any atom is 0.436 e. The fourth-order valence-corrected chi connectivity index (χ4v) is 4.58. The van der Waals surface area contributed by atoms with Crippen molar-refractivity contribution in [3.05, 3.63) is 64.0 Å². The molecule has 1 aromatic heterocycles. The molecule has 0 N–H and O–H groups in total. The van der Waals surface area contributed by atoms with Gasteiger partial charge in [0.25, 0.3) is 0 Å². The van der Waals surface area contributed by atoms with E-state index in [1.54, 1.807) is 17.0 Å². The summed E-state index contributed by atoms with van der Waals surface area (Å²) < 4.78 is 60.5. The minimum atomic E-state index is -4.84. The van der Waals surface area contributed by atoms with Crippen molar-refractivity contribution in [2.45, 2.75) is 12.3 Å². The predicted molar refractivity (Wildman–Crippen MR) is 125 cm³/mol. The van der Waals surface area contributed by atoms with Gasteiger partial charge in [0.05, 0.1) is 22.8 Å². The summed E-state index contributed by atoms with van der Waals surface area (Å²) in [5.41, 5.74) is -0.349. The van der Waals surface area contributed by atoms with Gasteiger partial charge in [0.2, 0.25) is 0 Å². The lowest BCUT2D eigenvalue weighted by molar-refractivity contribution is -0.142. The zero-order chi connectivity index (χ0) is 25.3. The van der Waals surface area contributed by atoms with E-state index in [2.05, 4.69) is 10.00 Å². The molecule has 0 saturated carbocycles. The Morgan fingerprint density at radius 3 is 2.29 bits per heavy atom. The summed E-state index contributed by atoms with van der Waals surface area (Å²) in [5, 5.41) is 3.51. The van der Waals surface area contributed by atoms with Gasteiger partial charge in [-0.1, -0.05) is 23.2 Å². The van der Waals surface area contributed by atoms with Gasteiger partial charge in [0, 0.05) is 43.5 Å². The number of halogens is 6. The second-order valence-electron chi connectivity index (χ2n) is 7.85. The van der Waals surface area contributed by atoms with Gasteiger partial charge in [-0.05, 0) is 36.4 Å². The standard InChI is InChI=1S/C23H20Cl2F4N4O2/c1-35-18-12-16(6-7-17(18)24)31-8-10-32(11-9-31)19(13-34)33-21(14-2-4-15(26)5-3-14)20(25)22(30-33)23(27,28)29/h2-7,12-13,19H,8-11H2,1H3. The second kappa shape index (κ2) is 10.0. The molecule has 12 heteroatoms. The minimum absolute atomic E-state index is 0.110. The summed E-state index contributed by atoms with van der Waals surface area (Å²) in [6.07, 6.45) is -5.46. The first kappa shape index (κ1) is 25.3. The molecule has 2 aromatic carbocycles. The molecule has 6 nitrogen and oxygen atoms in total. The smallest absolute Gasteiger partial charge is 0.436 e. The number of aldehydes is 1. The molecule has 3 aromatic rings. The Hall–Kier alpha value is -2.82. The molecule has 0 radical (unpaired) electrons. The zero-order valence-corrected chi connectivity index (χ0v) is 19.9. The van der Waals surface area contributed by atoms with Crippen molar-refractivity contribution in [3.8, 4) is 17.0 Å². The molecule has 1 aliphatic heterocycles. The highest BCUT2D eigenvalue weighted by molar-refractivity contribution is 6.34. The molecule has 0 spiro atoms. The molecule has 1 atom stereocenters. The summed E-state index contributed by atoms with van der Waals surface area (Å²) in [5.74, 6) is -0.0407. The third-order valence-corrected chi connectivity index (χ3v) is 6.47. The normalized spacial score (nSPS) is 15.8. The number of hydrogen-bond donors (Lipinski definition) is 0. The highest BCUT2D eigenvalue weighted by atomic mass is 35.5. The molecular weight excluding hydrogens is 511 g/mol. The van der Waals surface area contributed by atoms with E-state index < -0.39 is 28.9 Å². The highest BCUT2D eigenvalue weighted by Gasteiger charge is 2.41. The van der Waals surface area contributed by atoms with Gasteiger partial charge in [-0.15, -0.1) is 0 Å². The molecule has 2 heterocycles. The first-order chi connectivity index (χ1) is 16.6. The van der Waals surface area contributed by atoms with Crippen LogP contribution in [0, 0.1) is 5.82 Å². The number of anilines is 1. The Balaban J connectivity index is 1.64. The third-order valence-electron chi connectivity index (χ3n) is 5.80. The summed E-state index contributed by atoms with van der Waals surface area (Å²) in [6.45, 7) is 1.69. The van der Waals surface area contributed by atoms with Crippen LogP contribution in [0.5, 0.6) is 5.75 Å². The molecule has 4 rings (SSSR count). The second-order valence-corrected chi connectivity index (χ2v) is 8.64. The van der Waals surface area contributed by atoms with E-state index in [1.165, 1.54) is 19.2 Å². The van der Waals surface area contributed by atoms with Crippen molar-refractivity contribution in [2.24, 2.45) is 0 Å².